The van der Waals surface area contributed by atoms with Gasteiger partial charge in [0.05, 0.1) is 5.54 Å². The molecule has 0 spiro atoms. The zero-order chi connectivity index (χ0) is 19.4. The van der Waals surface area contributed by atoms with Crippen LogP contribution in [0.4, 0.5) is 4.79 Å². The van der Waals surface area contributed by atoms with E-state index in [0.29, 0.717) is 13.0 Å². The Balaban J connectivity index is 2.91. The molecule has 25 heavy (non-hydrogen) atoms. The molecule has 0 radical (unpaired) electrons. The summed E-state index contributed by atoms with van der Waals surface area (Å²) in [5.41, 5.74) is -0.240. The first kappa shape index (κ1) is 21.3. The van der Waals surface area contributed by atoms with Crippen LogP contribution >= 0.6 is 0 Å². The van der Waals surface area contributed by atoms with Crippen LogP contribution in [-0.2, 0) is 9.53 Å². The average Bonchev–Trinajstić information content (AvgIpc) is 2.94. The summed E-state index contributed by atoms with van der Waals surface area (Å²) in [5.74, 6) is 0.00704. The summed E-state index contributed by atoms with van der Waals surface area (Å²) in [6.45, 7) is 19.8. The van der Waals surface area contributed by atoms with Crippen molar-refractivity contribution in [3.05, 3.63) is 24.8 Å². The maximum absolute atomic E-state index is 12.9. The fraction of sp³-hybridized carbons (Fsp3) is 0.700. The maximum Gasteiger partial charge on any atom is 0.410 e. The molecule has 5 nitrogen and oxygen atoms in total. The molecular formula is C20H34N2O3. The number of hydrogen-bond donors (Lipinski definition) is 1. The number of amides is 2. The molecule has 142 valence electrons. The van der Waals surface area contributed by atoms with E-state index in [-0.39, 0.29) is 11.8 Å². The van der Waals surface area contributed by atoms with Crippen molar-refractivity contribution in [2.75, 3.05) is 6.54 Å². The van der Waals surface area contributed by atoms with Crippen LogP contribution in [0.15, 0.2) is 24.8 Å². The van der Waals surface area contributed by atoms with E-state index in [0.717, 1.165) is 18.4 Å². The molecule has 1 unspecified atom stereocenters. The van der Waals surface area contributed by atoms with E-state index in [2.05, 4.69) is 25.4 Å². The molecule has 1 rings (SSSR count). The van der Waals surface area contributed by atoms with Crippen LogP contribution in [0.2, 0.25) is 0 Å². The van der Waals surface area contributed by atoms with Crippen molar-refractivity contribution in [2.45, 2.75) is 78.0 Å². The van der Waals surface area contributed by atoms with E-state index in [1.54, 1.807) is 0 Å². The lowest BCUT2D eigenvalue weighted by molar-refractivity contribution is -0.127. The van der Waals surface area contributed by atoms with Crippen molar-refractivity contribution >= 4 is 12.0 Å². The summed E-state index contributed by atoms with van der Waals surface area (Å²) in [7, 11) is 0. The highest BCUT2D eigenvalue weighted by molar-refractivity contribution is 5.87. The van der Waals surface area contributed by atoms with Gasteiger partial charge in [0.25, 0.3) is 0 Å². The zero-order valence-corrected chi connectivity index (χ0v) is 16.6. The fourth-order valence-electron chi connectivity index (χ4n) is 3.05. The number of nitrogens with zero attached hydrogens (tertiary/aromatic N) is 1. The van der Waals surface area contributed by atoms with Crippen LogP contribution in [0, 0.1) is 5.92 Å². The molecule has 1 aliphatic rings. The molecule has 3 atom stereocenters. The molecule has 0 bridgehead atoms. The Hall–Kier alpha value is -1.78. The number of carbonyl (C=O) groups is 2. The second-order valence-corrected chi connectivity index (χ2v) is 8.23. The molecule has 1 N–H and O–H groups in total. The minimum atomic E-state index is -0.578. The standard InChI is InChI=1S/C20H34N2O3/c1-9-11-15(4)20(8,14(2)3)21-17(23)16-12-10-13-22(16)18(24)25-19(5,6)7/h9,15-16H,1-2,10-13H2,3-8H3,(H,21,23)/t15-,16-,20?/m0/s1. The molecule has 1 saturated heterocycles. The van der Waals surface area contributed by atoms with Gasteiger partial charge >= 0.3 is 6.09 Å². The zero-order valence-electron chi connectivity index (χ0n) is 16.6. The second-order valence-electron chi connectivity index (χ2n) is 8.23. The summed E-state index contributed by atoms with van der Waals surface area (Å²) >= 11 is 0. The van der Waals surface area contributed by atoms with Crippen molar-refractivity contribution < 1.29 is 14.3 Å². The molecule has 5 heteroatoms. The highest BCUT2D eigenvalue weighted by atomic mass is 16.6. The van der Waals surface area contributed by atoms with Crippen LogP contribution in [-0.4, -0.2) is 40.6 Å². The van der Waals surface area contributed by atoms with Gasteiger partial charge in [0.1, 0.15) is 11.6 Å². The van der Waals surface area contributed by atoms with Crippen molar-refractivity contribution in [1.82, 2.24) is 10.2 Å². The topological polar surface area (TPSA) is 58.6 Å². The number of ether oxygens (including phenoxy) is 1. The summed E-state index contributed by atoms with van der Waals surface area (Å²) < 4.78 is 5.44. The molecule has 0 aromatic carbocycles. The molecule has 1 heterocycles. The Morgan fingerprint density at radius 3 is 2.44 bits per heavy atom. The predicted molar refractivity (Wildman–Crippen MR) is 101 cm³/mol. The largest absolute Gasteiger partial charge is 0.444 e. The van der Waals surface area contributed by atoms with E-state index in [1.807, 2.05) is 40.7 Å². The van der Waals surface area contributed by atoms with E-state index < -0.39 is 23.3 Å². The van der Waals surface area contributed by atoms with Crippen LogP contribution < -0.4 is 5.32 Å². The van der Waals surface area contributed by atoms with Crippen LogP contribution in [0.1, 0.15) is 60.8 Å². The van der Waals surface area contributed by atoms with Gasteiger partial charge in [0.15, 0.2) is 0 Å². The maximum atomic E-state index is 12.9. The van der Waals surface area contributed by atoms with Crippen LogP contribution in [0.5, 0.6) is 0 Å². The van der Waals surface area contributed by atoms with Crippen molar-refractivity contribution in [3.63, 3.8) is 0 Å². The quantitative estimate of drug-likeness (QED) is 0.735. The highest BCUT2D eigenvalue weighted by Gasteiger charge is 2.40. The Kier molecular flexibility index (Phi) is 6.86. The number of carbonyl (C=O) groups excluding carboxylic acids is 2. The van der Waals surface area contributed by atoms with E-state index in [4.69, 9.17) is 4.74 Å². The highest BCUT2D eigenvalue weighted by Crippen LogP contribution is 2.29. The minimum absolute atomic E-state index is 0.148. The summed E-state index contributed by atoms with van der Waals surface area (Å²) in [6, 6.07) is -0.496. The Morgan fingerprint density at radius 1 is 1.36 bits per heavy atom. The summed E-state index contributed by atoms with van der Waals surface area (Å²) in [5, 5.41) is 3.13. The van der Waals surface area contributed by atoms with Crippen LogP contribution in [0.3, 0.4) is 0 Å². The molecule has 2 amide bonds. The first-order chi connectivity index (χ1) is 11.4. The van der Waals surface area contributed by atoms with Crippen molar-refractivity contribution in [3.8, 4) is 0 Å². The van der Waals surface area contributed by atoms with Gasteiger partial charge in [-0.2, -0.15) is 0 Å². The van der Waals surface area contributed by atoms with Gasteiger partial charge in [-0.25, -0.2) is 4.79 Å². The smallest absolute Gasteiger partial charge is 0.410 e. The van der Waals surface area contributed by atoms with Gasteiger partial charge in [0.2, 0.25) is 5.91 Å². The number of likely N-dealkylation sites (tertiary alicyclic amines) is 1. The first-order valence-corrected chi connectivity index (χ1v) is 9.01. The number of nitrogens with one attached hydrogen (secondary N) is 1. The molecule has 0 aromatic heterocycles. The van der Waals surface area contributed by atoms with Gasteiger partial charge in [0, 0.05) is 6.54 Å². The number of rotatable bonds is 6. The molecule has 0 aromatic rings. The Labute approximate surface area is 152 Å². The summed E-state index contributed by atoms with van der Waals surface area (Å²) in [4.78, 5) is 26.9. The van der Waals surface area contributed by atoms with E-state index >= 15 is 0 Å². The van der Waals surface area contributed by atoms with Gasteiger partial charge in [-0.15, -0.1) is 6.58 Å². The van der Waals surface area contributed by atoms with Crippen molar-refractivity contribution in [1.29, 1.82) is 0 Å². The molecule has 1 aliphatic heterocycles. The lowest BCUT2D eigenvalue weighted by Crippen LogP contribution is -2.57. The SMILES string of the molecule is C=CC[C@H](C)C(C)(NC(=O)[C@@H]1CCCN1C(=O)OC(C)(C)C)C(=C)C. The fourth-order valence-corrected chi connectivity index (χ4v) is 3.05. The van der Waals surface area contributed by atoms with E-state index in [9.17, 15) is 9.59 Å². The number of allylic oxidation sites excluding steroid dienone is 1. The van der Waals surface area contributed by atoms with E-state index in [1.165, 1.54) is 4.90 Å². The lowest BCUT2D eigenvalue weighted by atomic mass is 9.79. The summed E-state index contributed by atoms with van der Waals surface area (Å²) in [6.07, 6.45) is 3.63. The van der Waals surface area contributed by atoms with Crippen LogP contribution in [0.25, 0.3) is 0 Å². The molecule has 0 aliphatic carbocycles. The predicted octanol–water partition coefficient (Wildman–Crippen LogP) is 4.05. The third-order valence-electron chi connectivity index (χ3n) is 4.96. The number of hydrogen-bond acceptors (Lipinski definition) is 3. The molecule has 0 saturated carbocycles. The molecule has 1 fully saturated rings. The monoisotopic (exact) mass is 350 g/mol. The third kappa shape index (κ3) is 5.35. The third-order valence-corrected chi connectivity index (χ3v) is 4.96. The van der Waals surface area contributed by atoms with Crippen molar-refractivity contribution in [2.24, 2.45) is 5.92 Å². The lowest BCUT2D eigenvalue weighted by Gasteiger charge is -2.39. The van der Waals surface area contributed by atoms with Gasteiger partial charge < -0.3 is 10.1 Å². The normalized spacial score (nSPS) is 21.2. The van der Waals surface area contributed by atoms with Gasteiger partial charge in [-0.05, 0) is 59.8 Å². The first-order valence-electron chi connectivity index (χ1n) is 9.01. The average molecular weight is 351 g/mol. The Morgan fingerprint density at radius 2 is 1.96 bits per heavy atom. The Bertz CT molecular complexity index is 536. The minimum Gasteiger partial charge on any atom is -0.444 e. The molecular weight excluding hydrogens is 316 g/mol. The van der Waals surface area contributed by atoms with Gasteiger partial charge in [-0.1, -0.05) is 25.2 Å². The second kappa shape index (κ2) is 8.07. The van der Waals surface area contributed by atoms with Gasteiger partial charge in [-0.3, -0.25) is 9.69 Å².